The highest BCUT2D eigenvalue weighted by molar-refractivity contribution is 7.54. The molecule has 1 aliphatic rings. The highest BCUT2D eigenvalue weighted by atomic mass is 31.2. The number of hydrogen-bond donors (Lipinski definition) is 1. The molecule has 0 spiro atoms. The highest BCUT2D eigenvalue weighted by Gasteiger charge is 2.54. The summed E-state index contributed by atoms with van der Waals surface area (Å²) in [4.78, 5) is 12.2. The van der Waals surface area contributed by atoms with Gasteiger partial charge in [-0.15, -0.1) is 0 Å². The van der Waals surface area contributed by atoms with Gasteiger partial charge in [0.15, 0.2) is 12.2 Å². The lowest BCUT2D eigenvalue weighted by Crippen LogP contribution is -2.50. The zero-order valence-corrected chi connectivity index (χ0v) is 11.6. The molecule has 104 valence electrons. The zero-order valence-electron chi connectivity index (χ0n) is 10.7. The maximum absolute atomic E-state index is 12.2. The topological polar surface area (TPSA) is 78.4 Å². The van der Waals surface area contributed by atoms with Crippen molar-refractivity contribution in [3.63, 3.8) is 0 Å². The van der Waals surface area contributed by atoms with E-state index in [2.05, 4.69) is 10.5 Å². The average molecular weight is 292 g/mol. The minimum Gasteiger partial charge on any atom is -0.601 e. The van der Waals surface area contributed by atoms with E-state index in [-0.39, 0.29) is 0 Å². The molecule has 3 rings (SSSR count). The normalized spacial score (nSPS) is 29.5. The molecule has 2 atom stereocenters. The average Bonchev–Trinajstić information content (AvgIpc) is 2.88. The van der Waals surface area contributed by atoms with Gasteiger partial charge in [-0.25, -0.2) is 0 Å². The summed E-state index contributed by atoms with van der Waals surface area (Å²) in [5, 5.41) is 0. The molecule has 0 aliphatic carbocycles. The van der Waals surface area contributed by atoms with Crippen molar-refractivity contribution < 1.29 is 24.5 Å². The van der Waals surface area contributed by atoms with Crippen LogP contribution in [0.3, 0.4) is 0 Å². The first-order valence-electron chi connectivity index (χ1n) is 6.22. The Bertz CT molecular complexity index is 518. The Morgan fingerprint density at radius 1 is 0.850 bits per heavy atom. The van der Waals surface area contributed by atoms with Gasteiger partial charge in [-0.1, -0.05) is 60.7 Å². The highest BCUT2D eigenvalue weighted by Crippen LogP contribution is 2.67. The zero-order chi connectivity index (χ0) is 14.0. The van der Waals surface area contributed by atoms with Gasteiger partial charge in [0.1, 0.15) is 0 Å². The molecule has 3 N–H and O–H groups in total. The van der Waals surface area contributed by atoms with Gasteiger partial charge in [0.2, 0.25) is 0 Å². The molecule has 0 amide bonds. The van der Waals surface area contributed by atoms with Crippen molar-refractivity contribution in [3.8, 4) is 0 Å². The SMILES string of the molecule is [NH3+]O[P+]1([O-])OC(c2ccccc2)C(c2ccccc2)O1. The Labute approximate surface area is 117 Å². The van der Waals surface area contributed by atoms with Gasteiger partial charge in [-0.2, -0.15) is 14.9 Å². The molecular formula is C14H15NO4P+. The van der Waals surface area contributed by atoms with Crippen LogP contribution in [0.1, 0.15) is 23.3 Å². The first-order valence-corrected chi connectivity index (χ1v) is 7.68. The van der Waals surface area contributed by atoms with Gasteiger partial charge < -0.3 is 4.89 Å². The molecule has 5 nitrogen and oxygen atoms in total. The van der Waals surface area contributed by atoms with Gasteiger partial charge in [0.05, 0.1) is 0 Å². The molecule has 2 unspecified atom stereocenters. The monoisotopic (exact) mass is 292 g/mol. The molecule has 1 aliphatic heterocycles. The van der Waals surface area contributed by atoms with Crippen LogP contribution < -0.4 is 10.8 Å². The van der Waals surface area contributed by atoms with Gasteiger partial charge in [0, 0.05) is 0 Å². The number of phosphoric acid groups is 1. The van der Waals surface area contributed by atoms with Gasteiger partial charge in [-0.3, -0.25) is 0 Å². The lowest BCUT2D eigenvalue weighted by molar-refractivity contribution is -0.655. The lowest BCUT2D eigenvalue weighted by atomic mass is 9.99. The molecule has 1 heterocycles. The second kappa shape index (κ2) is 5.58. The molecule has 1 saturated heterocycles. The molecule has 2 aromatic rings. The van der Waals surface area contributed by atoms with Crippen LogP contribution >= 0.6 is 8.17 Å². The van der Waals surface area contributed by atoms with E-state index < -0.39 is 20.4 Å². The third-order valence-corrected chi connectivity index (χ3v) is 4.46. The molecule has 0 radical (unpaired) electrons. The number of quaternary nitrogens is 1. The fourth-order valence-corrected chi connectivity index (χ4v) is 3.42. The van der Waals surface area contributed by atoms with Crippen LogP contribution in [0.15, 0.2) is 60.7 Å². The lowest BCUT2D eigenvalue weighted by Gasteiger charge is -2.12. The Hall–Kier alpha value is -1.33. The van der Waals surface area contributed by atoms with E-state index in [0.717, 1.165) is 11.1 Å². The number of phosphoric ester groups is 1. The van der Waals surface area contributed by atoms with Crippen LogP contribution in [-0.4, -0.2) is 0 Å². The first-order chi connectivity index (χ1) is 9.72. The third kappa shape index (κ3) is 2.60. The van der Waals surface area contributed by atoms with E-state index >= 15 is 0 Å². The molecule has 0 saturated carbocycles. The smallest absolute Gasteiger partial charge is 0.450 e. The summed E-state index contributed by atoms with van der Waals surface area (Å²) in [5.41, 5.74) is 1.77. The Morgan fingerprint density at radius 2 is 1.25 bits per heavy atom. The van der Waals surface area contributed by atoms with E-state index in [4.69, 9.17) is 9.05 Å². The molecule has 0 aromatic heterocycles. The van der Waals surface area contributed by atoms with Crippen LogP contribution in [-0.2, 0) is 13.7 Å². The summed E-state index contributed by atoms with van der Waals surface area (Å²) < 4.78 is 15.7. The van der Waals surface area contributed by atoms with Crippen LogP contribution in [0.5, 0.6) is 0 Å². The molecule has 2 aromatic carbocycles. The van der Waals surface area contributed by atoms with E-state index in [0.29, 0.717) is 0 Å². The van der Waals surface area contributed by atoms with Crippen molar-refractivity contribution in [2.24, 2.45) is 0 Å². The second-order valence-electron chi connectivity index (χ2n) is 4.45. The Kier molecular flexibility index (Phi) is 3.81. The van der Waals surface area contributed by atoms with E-state index in [1.165, 1.54) is 0 Å². The Morgan fingerprint density at radius 3 is 1.60 bits per heavy atom. The molecule has 1 fully saturated rings. The summed E-state index contributed by atoms with van der Waals surface area (Å²) in [5.74, 6) is 3.18. The van der Waals surface area contributed by atoms with Crippen molar-refractivity contribution >= 4 is 8.17 Å². The quantitative estimate of drug-likeness (QED) is 0.690. The van der Waals surface area contributed by atoms with Crippen molar-refractivity contribution in [2.75, 3.05) is 0 Å². The van der Waals surface area contributed by atoms with Crippen LogP contribution in [0, 0.1) is 0 Å². The van der Waals surface area contributed by atoms with E-state index in [9.17, 15) is 4.89 Å². The molecular weight excluding hydrogens is 277 g/mol. The number of benzene rings is 2. The predicted octanol–water partition coefficient (Wildman–Crippen LogP) is 1.73. The number of hydrogen-bond acceptors (Lipinski definition) is 4. The van der Waals surface area contributed by atoms with Gasteiger partial charge >= 0.3 is 8.17 Å². The largest absolute Gasteiger partial charge is 0.601 e. The van der Waals surface area contributed by atoms with Crippen molar-refractivity contribution in [1.82, 2.24) is 0 Å². The minimum atomic E-state index is -3.61. The maximum Gasteiger partial charge on any atom is 0.450 e. The van der Waals surface area contributed by atoms with Crippen LogP contribution in [0.2, 0.25) is 0 Å². The molecule has 20 heavy (non-hydrogen) atoms. The summed E-state index contributed by atoms with van der Waals surface area (Å²) in [7, 11) is -3.61. The second-order valence-corrected chi connectivity index (χ2v) is 6.02. The molecule has 6 heteroatoms. The van der Waals surface area contributed by atoms with E-state index in [1.54, 1.807) is 0 Å². The summed E-state index contributed by atoms with van der Waals surface area (Å²) in [6.07, 6.45) is -0.961. The first kappa shape index (κ1) is 13.6. The third-order valence-electron chi connectivity index (χ3n) is 3.17. The fourth-order valence-electron chi connectivity index (χ4n) is 2.23. The maximum atomic E-state index is 12.2. The van der Waals surface area contributed by atoms with E-state index in [1.807, 2.05) is 60.7 Å². The molecule has 0 bridgehead atoms. The van der Waals surface area contributed by atoms with Crippen molar-refractivity contribution in [1.29, 1.82) is 0 Å². The summed E-state index contributed by atoms with van der Waals surface area (Å²) in [6.45, 7) is 0. The fraction of sp³-hybridized carbons (Fsp3) is 0.143. The van der Waals surface area contributed by atoms with Crippen molar-refractivity contribution in [2.45, 2.75) is 12.2 Å². The predicted molar refractivity (Wildman–Crippen MR) is 71.4 cm³/mol. The van der Waals surface area contributed by atoms with Gasteiger partial charge in [0.25, 0.3) is 0 Å². The van der Waals surface area contributed by atoms with Crippen LogP contribution in [0.4, 0.5) is 0 Å². The standard InChI is InChI=1S/C14H15NO4P/c15-19-20(16)17-13(11-7-3-1-4-8-11)14(18-20)12-9-5-2-6-10-12/h1-10,13-14H,15H3/q+1. The van der Waals surface area contributed by atoms with Crippen LogP contribution in [0.25, 0.3) is 0 Å². The van der Waals surface area contributed by atoms with Crippen molar-refractivity contribution in [3.05, 3.63) is 71.8 Å². The summed E-state index contributed by atoms with van der Waals surface area (Å²) >= 11 is 0. The summed E-state index contributed by atoms with van der Waals surface area (Å²) in [6, 6.07) is 19.0. The Balaban J connectivity index is 1.97. The minimum absolute atomic E-state index is 0.480. The van der Waals surface area contributed by atoms with Gasteiger partial charge in [-0.05, 0) is 15.8 Å². The number of rotatable bonds is 3.